The highest BCUT2D eigenvalue weighted by Gasteiger charge is 2.17. The van der Waals surface area contributed by atoms with Crippen LogP contribution in [0.3, 0.4) is 0 Å². The van der Waals surface area contributed by atoms with Crippen molar-refractivity contribution in [2.24, 2.45) is 0 Å². The summed E-state index contributed by atoms with van der Waals surface area (Å²) in [5, 5.41) is 10.3. The van der Waals surface area contributed by atoms with Gasteiger partial charge in [0.15, 0.2) is 11.5 Å². The zero-order chi connectivity index (χ0) is 18.2. The first-order chi connectivity index (χ1) is 12.7. The normalized spacial score (nSPS) is 20.7. The second-order valence-corrected chi connectivity index (χ2v) is 9.20. The predicted octanol–water partition coefficient (Wildman–Crippen LogP) is 2.03. The summed E-state index contributed by atoms with van der Waals surface area (Å²) in [5.41, 5.74) is 1.24. The number of methoxy groups -OCH3 is 1. The fourth-order valence-electron chi connectivity index (χ4n) is 3.27. The fourth-order valence-corrected chi connectivity index (χ4v) is 5.22. The lowest BCUT2D eigenvalue weighted by molar-refractivity contribution is 0.0704. The Morgan fingerprint density at radius 3 is 2.31 bits per heavy atom. The molecule has 0 bridgehead atoms. The fraction of sp³-hybridized carbons (Fsp3) is 0.684. The average Bonchev–Trinajstić information content (AvgIpc) is 2.68. The number of aliphatic hydroxyl groups is 1. The number of thioether (sulfide) groups is 2. The van der Waals surface area contributed by atoms with Gasteiger partial charge in [0.05, 0.1) is 7.11 Å². The molecule has 2 aliphatic rings. The van der Waals surface area contributed by atoms with E-state index >= 15 is 0 Å². The van der Waals surface area contributed by atoms with Crippen LogP contribution >= 0.6 is 23.5 Å². The Kier molecular flexibility index (Phi) is 8.26. The van der Waals surface area contributed by atoms with Crippen molar-refractivity contribution in [3.8, 4) is 11.5 Å². The van der Waals surface area contributed by atoms with Gasteiger partial charge in [-0.25, -0.2) is 0 Å². The third-order valence-electron chi connectivity index (χ3n) is 4.74. The van der Waals surface area contributed by atoms with Gasteiger partial charge >= 0.3 is 0 Å². The molecule has 2 saturated heterocycles. The van der Waals surface area contributed by atoms with Gasteiger partial charge in [-0.1, -0.05) is 6.07 Å². The minimum Gasteiger partial charge on any atom is -0.493 e. The summed E-state index contributed by atoms with van der Waals surface area (Å²) in [7, 11) is 1.67. The van der Waals surface area contributed by atoms with Gasteiger partial charge < -0.3 is 14.6 Å². The Morgan fingerprint density at radius 1 is 1.00 bits per heavy atom. The van der Waals surface area contributed by atoms with Gasteiger partial charge in [-0.2, -0.15) is 23.5 Å². The first kappa shape index (κ1) is 20.1. The maximum atomic E-state index is 10.3. The van der Waals surface area contributed by atoms with Crippen LogP contribution in [-0.2, 0) is 6.54 Å². The molecule has 1 N–H and O–H groups in total. The van der Waals surface area contributed by atoms with Crippen LogP contribution in [0.4, 0.5) is 0 Å². The molecule has 1 aromatic carbocycles. The van der Waals surface area contributed by atoms with Crippen molar-refractivity contribution in [1.82, 2.24) is 9.80 Å². The van der Waals surface area contributed by atoms with E-state index in [4.69, 9.17) is 9.47 Å². The summed E-state index contributed by atoms with van der Waals surface area (Å²) in [4.78, 5) is 4.79. The van der Waals surface area contributed by atoms with Gasteiger partial charge in [0.2, 0.25) is 0 Å². The molecule has 1 unspecified atom stereocenters. The maximum absolute atomic E-state index is 10.3. The number of nitrogens with zero attached hydrogens (tertiary/aromatic N) is 2. The van der Waals surface area contributed by atoms with Crippen LogP contribution in [0.1, 0.15) is 5.56 Å². The molecule has 0 aliphatic carbocycles. The van der Waals surface area contributed by atoms with E-state index in [0.29, 0.717) is 18.9 Å². The number of benzene rings is 1. The van der Waals surface area contributed by atoms with Crippen LogP contribution in [0.25, 0.3) is 0 Å². The molecule has 1 atom stereocenters. The summed E-state index contributed by atoms with van der Waals surface area (Å²) in [5.74, 6) is 6.18. The Hall–Kier alpha value is -0.600. The molecule has 0 radical (unpaired) electrons. The van der Waals surface area contributed by atoms with Crippen molar-refractivity contribution in [1.29, 1.82) is 0 Å². The predicted molar refractivity (Wildman–Crippen MR) is 111 cm³/mol. The molecule has 7 heteroatoms. The maximum Gasteiger partial charge on any atom is 0.161 e. The molecule has 0 spiro atoms. The monoisotopic (exact) mass is 398 g/mol. The molecule has 2 aliphatic heterocycles. The smallest absolute Gasteiger partial charge is 0.161 e. The summed E-state index contributed by atoms with van der Waals surface area (Å²) in [6, 6.07) is 6.14. The van der Waals surface area contributed by atoms with Crippen molar-refractivity contribution in [3.05, 3.63) is 23.8 Å². The van der Waals surface area contributed by atoms with Crippen LogP contribution in [-0.4, -0.2) is 90.5 Å². The van der Waals surface area contributed by atoms with Gasteiger partial charge in [-0.15, -0.1) is 0 Å². The van der Waals surface area contributed by atoms with Gasteiger partial charge in [-0.3, -0.25) is 9.80 Å². The molecule has 2 heterocycles. The standard InChI is InChI=1S/C19H30N2O3S2/c1-23-19-12-16(13-20-4-8-25-9-5-20)2-3-18(19)24-15-17(22)14-21-6-10-26-11-7-21/h2-3,12,17,22H,4-11,13-15H2,1H3. The molecule has 2 fully saturated rings. The molecule has 0 aromatic heterocycles. The SMILES string of the molecule is COc1cc(CN2CCSCC2)ccc1OCC(O)CN1CCSCC1. The molecule has 0 saturated carbocycles. The van der Waals surface area contributed by atoms with Crippen molar-refractivity contribution in [3.63, 3.8) is 0 Å². The molecular weight excluding hydrogens is 368 g/mol. The average molecular weight is 399 g/mol. The Labute approximate surface area is 165 Å². The Bertz CT molecular complexity index is 550. The number of rotatable bonds is 8. The third kappa shape index (κ3) is 6.23. The number of ether oxygens (including phenoxy) is 2. The number of aliphatic hydroxyl groups excluding tert-OH is 1. The lowest BCUT2D eigenvalue weighted by atomic mass is 10.2. The molecule has 26 heavy (non-hydrogen) atoms. The van der Waals surface area contributed by atoms with Gasteiger partial charge in [0.1, 0.15) is 12.7 Å². The van der Waals surface area contributed by atoms with Crippen LogP contribution in [0, 0.1) is 0 Å². The Balaban J connectivity index is 1.50. The van der Waals surface area contributed by atoms with E-state index in [2.05, 4.69) is 21.9 Å². The number of hydrogen-bond acceptors (Lipinski definition) is 7. The second kappa shape index (κ2) is 10.7. The van der Waals surface area contributed by atoms with E-state index < -0.39 is 6.10 Å². The molecule has 146 valence electrons. The van der Waals surface area contributed by atoms with Crippen molar-refractivity contribution >= 4 is 23.5 Å². The largest absolute Gasteiger partial charge is 0.493 e. The van der Waals surface area contributed by atoms with Crippen molar-refractivity contribution < 1.29 is 14.6 Å². The van der Waals surface area contributed by atoms with Crippen LogP contribution in [0.15, 0.2) is 18.2 Å². The summed E-state index contributed by atoms with van der Waals surface area (Å²) >= 11 is 4.01. The van der Waals surface area contributed by atoms with E-state index in [0.717, 1.165) is 50.0 Å². The summed E-state index contributed by atoms with van der Waals surface area (Å²) in [6.07, 6.45) is -0.478. The second-order valence-electron chi connectivity index (χ2n) is 6.75. The lowest BCUT2D eigenvalue weighted by Gasteiger charge is -2.28. The van der Waals surface area contributed by atoms with E-state index in [1.807, 2.05) is 29.6 Å². The van der Waals surface area contributed by atoms with Gasteiger partial charge in [0, 0.05) is 62.3 Å². The van der Waals surface area contributed by atoms with Crippen molar-refractivity contribution in [2.45, 2.75) is 12.6 Å². The summed E-state index contributed by atoms with van der Waals surface area (Å²) < 4.78 is 11.4. The van der Waals surface area contributed by atoms with E-state index in [1.165, 1.54) is 17.1 Å². The highest BCUT2D eigenvalue weighted by molar-refractivity contribution is 7.99. The highest BCUT2D eigenvalue weighted by Crippen LogP contribution is 2.29. The van der Waals surface area contributed by atoms with Crippen LogP contribution in [0.2, 0.25) is 0 Å². The zero-order valence-corrected chi connectivity index (χ0v) is 17.2. The van der Waals surface area contributed by atoms with Crippen molar-refractivity contribution in [2.75, 3.05) is 69.5 Å². The first-order valence-corrected chi connectivity index (χ1v) is 11.6. The zero-order valence-electron chi connectivity index (χ0n) is 15.6. The molecule has 3 rings (SSSR count). The number of β-amino-alcohol motifs (C(OH)–C–C–N with tert-alkyl or cyclic N) is 1. The summed E-state index contributed by atoms with van der Waals surface area (Å²) in [6.45, 7) is 6.31. The van der Waals surface area contributed by atoms with Gasteiger partial charge in [-0.05, 0) is 17.7 Å². The van der Waals surface area contributed by atoms with E-state index in [9.17, 15) is 5.11 Å². The minimum absolute atomic E-state index is 0.294. The van der Waals surface area contributed by atoms with E-state index in [1.54, 1.807) is 7.11 Å². The quantitative estimate of drug-likeness (QED) is 0.719. The Morgan fingerprint density at radius 2 is 1.65 bits per heavy atom. The molecule has 5 nitrogen and oxygen atoms in total. The third-order valence-corrected chi connectivity index (χ3v) is 6.63. The molecule has 1 aromatic rings. The molecular formula is C19H30N2O3S2. The van der Waals surface area contributed by atoms with Crippen LogP contribution in [0.5, 0.6) is 11.5 Å². The topological polar surface area (TPSA) is 45.2 Å². The first-order valence-electron chi connectivity index (χ1n) is 9.32. The molecule has 0 amide bonds. The van der Waals surface area contributed by atoms with Gasteiger partial charge in [0.25, 0.3) is 0 Å². The lowest BCUT2D eigenvalue weighted by Crippen LogP contribution is -2.40. The number of hydrogen-bond donors (Lipinski definition) is 1. The van der Waals surface area contributed by atoms with Crippen LogP contribution < -0.4 is 9.47 Å². The minimum atomic E-state index is -0.478. The van der Waals surface area contributed by atoms with E-state index in [-0.39, 0.29) is 0 Å². The highest BCUT2D eigenvalue weighted by atomic mass is 32.2.